The minimum Gasteiger partial charge on any atom is -0.480 e. The van der Waals surface area contributed by atoms with Gasteiger partial charge in [-0.25, -0.2) is 4.79 Å². The Morgan fingerprint density at radius 2 is 1.83 bits per heavy atom. The quantitative estimate of drug-likeness (QED) is 0.443. The zero-order valence-electron chi connectivity index (χ0n) is 17.4. The number of hydrogen-bond acceptors (Lipinski definition) is 6. The fraction of sp³-hybridized carbons (Fsp3) is 0.889. The molecule has 0 aromatic carbocycles. The first-order chi connectivity index (χ1) is 13.0. The molecule has 29 heavy (non-hydrogen) atoms. The predicted octanol–water partition coefficient (Wildman–Crippen LogP) is 2.42. The van der Waals surface area contributed by atoms with E-state index in [1.165, 1.54) is 0 Å². The van der Waals surface area contributed by atoms with E-state index in [1.807, 2.05) is 13.8 Å². The summed E-state index contributed by atoms with van der Waals surface area (Å²) in [5.41, 5.74) is 2.04. The summed E-state index contributed by atoms with van der Waals surface area (Å²) in [6.45, 7) is 9.00. The molecule has 4 N–H and O–H groups in total. The van der Waals surface area contributed by atoms with Crippen LogP contribution in [0.15, 0.2) is 0 Å². The molecule has 3 rings (SSSR count). The molecular formula is C18H30BF3NO6. The fourth-order valence-corrected chi connectivity index (χ4v) is 4.45. The zero-order chi connectivity index (χ0) is 22.8. The van der Waals surface area contributed by atoms with E-state index < -0.39 is 40.8 Å². The van der Waals surface area contributed by atoms with Gasteiger partial charge >= 0.3 is 25.8 Å². The molecule has 0 heterocycles. The predicted molar refractivity (Wildman–Crippen MR) is 98.5 cm³/mol. The van der Waals surface area contributed by atoms with E-state index in [2.05, 4.69) is 0 Å². The van der Waals surface area contributed by atoms with Crippen LogP contribution >= 0.6 is 0 Å². The Labute approximate surface area is 169 Å². The van der Waals surface area contributed by atoms with E-state index in [-0.39, 0.29) is 5.92 Å². The van der Waals surface area contributed by atoms with Gasteiger partial charge in [-0.1, -0.05) is 27.7 Å². The van der Waals surface area contributed by atoms with Crippen molar-refractivity contribution in [2.45, 2.75) is 83.7 Å². The number of esters is 1. The third-order valence-corrected chi connectivity index (χ3v) is 6.27. The second-order valence-corrected chi connectivity index (χ2v) is 8.90. The van der Waals surface area contributed by atoms with Gasteiger partial charge in [0.15, 0.2) is 0 Å². The SMILES string of the molecule is CC(C)CC(N)C(=O)O.CC1(C)[C@H]2CC[C@](C)(O[B]O)[C@]1(OC(=O)C(F)(F)F)C2. The summed E-state index contributed by atoms with van der Waals surface area (Å²) in [5, 5.41) is 17.2. The van der Waals surface area contributed by atoms with Gasteiger partial charge in [0.1, 0.15) is 11.6 Å². The smallest absolute Gasteiger partial charge is 0.480 e. The highest BCUT2D eigenvalue weighted by atomic mass is 19.4. The molecule has 3 saturated carbocycles. The summed E-state index contributed by atoms with van der Waals surface area (Å²) < 4.78 is 47.6. The number of carboxylic acids is 1. The summed E-state index contributed by atoms with van der Waals surface area (Å²) >= 11 is 0. The Kier molecular flexibility index (Phi) is 7.81. The van der Waals surface area contributed by atoms with Crippen LogP contribution < -0.4 is 5.73 Å². The molecule has 0 amide bonds. The number of halogens is 3. The molecule has 167 valence electrons. The molecule has 3 fully saturated rings. The Bertz CT molecular complexity index is 611. The van der Waals surface area contributed by atoms with Gasteiger partial charge < -0.3 is 25.3 Å². The van der Waals surface area contributed by atoms with Crippen molar-refractivity contribution >= 4 is 19.6 Å². The molecule has 0 saturated heterocycles. The van der Waals surface area contributed by atoms with Gasteiger partial charge in [0.25, 0.3) is 0 Å². The van der Waals surface area contributed by atoms with Crippen LogP contribution in [0.4, 0.5) is 13.2 Å². The molecule has 3 aliphatic carbocycles. The Morgan fingerprint density at radius 1 is 1.28 bits per heavy atom. The first-order valence-corrected chi connectivity index (χ1v) is 9.46. The van der Waals surface area contributed by atoms with Crippen LogP contribution in [-0.2, 0) is 19.0 Å². The number of carboxylic acid groups (broad SMARTS) is 1. The van der Waals surface area contributed by atoms with E-state index in [4.69, 9.17) is 25.3 Å². The molecule has 1 unspecified atom stereocenters. The lowest BCUT2D eigenvalue weighted by atomic mass is 9.41. The van der Waals surface area contributed by atoms with E-state index in [0.717, 1.165) is 6.42 Å². The number of rotatable bonds is 6. The lowest BCUT2D eigenvalue weighted by molar-refractivity contribution is -0.324. The molecule has 3 aliphatic rings. The van der Waals surface area contributed by atoms with Crippen LogP contribution in [0.2, 0.25) is 0 Å². The van der Waals surface area contributed by atoms with Crippen molar-refractivity contribution in [1.29, 1.82) is 0 Å². The van der Waals surface area contributed by atoms with Crippen molar-refractivity contribution in [3.05, 3.63) is 0 Å². The molecule has 0 aromatic rings. The van der Waals surface area contributed by atoms with E-state index in [0.29, 0.717) is 32.9 Å². The molecule has 1 radical (unpaired) electrons. The van der Waals surface area contributed by atoms with Crippen molar-refractivity contribution in [3.8, 4) is 0 Å². The number of fused-ring (bicyclic) bond motifs is 2. The topological polar surface area (TPSA) is 119 Å². The number of hydrogen-bond donors (Lipinski definition) is 3. The number of alkyl halides is 3. The summed E-state index contributed by atoms with van der Waals surface area (Å²) in [4.78, 5) is 21.4. The molecule has 0 aliphatic heterocycles. The Hall–Kier alpha value is -1.33. The Morgan fingerprint density at radius 3 is 2.17 bits per heavy atom. The average Bonchev–Trinajstić information content (AvgIpc) is 2.55. The summed E-state index contributed by atoms with van der Waals surface area (Å²) in [7, 11) is 0.456. The van der Waals surface area contributed by atoms with Crippen molar-refractivity contribution in [1.82, 2.24) is 0 Å². The normalized spacial score (nSPS) is 31.1. The van der Waals surface area contributed by atoms with Gasteiger partial charge in [-0.05, 0) is 44.4 Å². The average molecular weight is 424 g/mol. The van der Waals surface area contributed by atoms with Crippen molar-refractivity contribution < 1.29 is 42.3 Å². The van der Waals surface area contributed by atoms with Gasteiger partial charge in [-0.2, -0.15) is 13.2 Å². The number of carbonyl (C=O) groups excluding carboxylic acids is 1. The lowest BCUT2D eigenvalue weighted by Crippen LogP contribution is -2.77. The van der Waals surface area contributed by atoms with E-state index in [9.17, 15) is 22.8 Å². The third-order valence-electron chi connectivity index (χ3n) is 6.27. The zero-order valence-corrected chi connectivity index (χ0v) is 17.4. The minimum absolute atomic E-state index is 0.180. The minimum atomic E-state index is -5.04. The molecule has 4 atom stereocenters. The standard InChI is InChI=1S/C12H17BF3O4.C6H13NO2/c1-9(2)7-4-5-10(3,20-13-18)11(9,6-7)19-8(17)12(14,15)16;1-4(2)3-5(7)6(8)9/h7,18H,4-6H2,1-3H3;4-5H,3,7H2,1-2H3,(H,8,9)/t7-,10-,11-;/m0./s1. The summed E-state index contributed by atoms with van der Waals surface area (Å²) in [5.74, 6) is -2.59. The number of nitrogens with two attached hydrogens (primary N) is 1. The van der Waals surface area contributed by atoms with Crippen LogP contribution in [0.1, 0.15) is 60.3 Å². The second kappa shape index (κ2) is 8.81. The number of carbonyl (C=O) groups is 2. The number of aliphatic carboxylic acids is 1. The van der Waals surface area contributed by atoms with Crippen LogP contribution in [0.25, 0.3) is 0 Å². The molecule has 2 bridgehead atoms. The lowest BCUT2D eigenvalue weighted by Gasteiger charge is -2.70. The molecule has 0 spiro atoms. The molecule has 0 aromatic heterocycles. The number of ether oxygens (including phenoxy) is 1. The highest BCUT2D eigenvalue weighted by Crippen LogP contribution is 2.68. The van der Waals surface area contributed by atoms with Gasteiger partial charge in [0.05, 0.1) is 5.60 Å². The maximum Gasteiger partial charge on any atom is 0.490 e. The Balaban J connectivity index is 0.000000396. The second-order valence-electron chi connectivity index (χ2n) is 8.90. The van der Waals surface area contributed by atoms with Crippen LogP contribution in [0.5, 0.6) is 0 Å². The van der Waals surface area contributed by atoms with Gasteiger partial charge in [-0.3, -0.25) is 4.79 Å². The van der Waals surface area contributed by atoms with Crippen molar-refractivity contribution in [2.75, 3.05) is 0 Å². The van der Waals surface area contributed by atoms with Crippen molar-refractivity contribution in [3.63, 3.8) is 0 Å². The first kappa shape index (κ1) is 25.7. The molecule has 7 nitrogen and oxygen atoms in total. The maximum absolute atomic E-state index is 12.5. The maximum atomic E-state index is 12.5. The largest absolute Gasteiger partial charge is 0.490 e. The first-order valence-electron chi connectivity index (χ1n) is 9.46. The molecular weight excluding hydrogens is 394 g/mol. The van der Waals surface area contributed by atoms with E-state index >= 15 is 0 Å². The van der Waals surface area contributed by atoms with Gasteiger partial charge in [-0.15, -0.1) is 0 Å². The third kappa shape index (κ3) is 5.06. The van der Waals surface area contributed by atoms with Gasteiger partial charge in [0.2, 0.25) is 0 Å². The highest BCUT2D eigenvalue weighted by molar-refractivity contribution is 6.16. The monoisotopic (exact) mass is 424 g/mol. The highest BCUT2D eigenvalue weighted by Gasteiger charge is 2.74. The van der Waals surface area contributed by atoms with E-state index in [1.54, 1.807) is 20.8 Å². The van der Waals surface area contributed by atoms with Crippen LogP contribution in [0.3, 0.4) is 0 Å². The fourth-order valence-electron chi connectivity index (χ4n) is 4.45. The van der Waals surface area contributed by atoms with Crippen LogP contribution in [0, 0.1) is 17.3 Å². The van der Waals surface area contributed by atoms with Crippen LogP contribution in [-0.4, -0.2) is 53.2 Å². The van der Waals surface area contributed by atoms with Crippen molar-refractivity contribution in [2.24, 2.45) is 23.0 Å². The summed E-state index contributed by atoms with van der Waals surface area (Å²) in [6, 6.07) is -0.690. The summed E-state index contributed by atoms with van der Waals surface area (Å²) in [6.07, 6.45) is -3.01. The molecule has 11 heteroatoms. The van der Waals surface area contributed by atoms with Gasteiger partial charge in [0, 0.05) is 5.41 Å².